The predicted octanol–water partition coefficient (Wildman–Crippen LogP) is 1.11. The molecule has 0 aliphatic carbocycles. The van der Waals surface area contributed by atoms with Gasteiger partial charge < -0.3 is 9.73 Å². The average Bonchev–Trinajstić information content (AvgIpc) is 2.78. The fourth-order valence-corrected chi connectivity index (χ4v) is 1.75. The number of carbonyl (C=O) groups is 1. The molecule has 0 bridgehead atoms. The fourth-order valence-electron chi connectivity index (χ4n) is 1.75. The maximum Gasteiger partial charge on any atom is 0.437 e. The fraction of sp³-hybridized carbons (Fsp3) is 0.357. The molecular formula is C14H17N3O3. The van der Waals surface area contributed by atoms with Crippen LogP contribution >= 0.6 is 0 Å². The van der Waals surface area contributed by atoms with Crippen molar-refractivity contribution < 1.29 is 9.21 Å². The number of aryl methyl sites for hydroxylation is 1. The van der Waals surface area contributed by atoms with Gasteiger partial charge in [0.05, 0.1) is 0 Å². The number of nitrogens with zero attached hydrogens (tertiary/aromatic N) is 2. The molecule has 0 radical (unpaired) electrons. The highest BCUT2D eigenvalue weighted by molar-refractivity contribution is 5.75. The van der Waals surface area contributed by atoms with Crippen LogP contribution in [0.4, 0.5) is 0 Å². The molecule has 6 nitrogen and oxygen atoms in total. The number of amides is 1. The molecule has 0 fully saturated rings. The standard InChI is InChI=1S/C14H17N3O3/c1-2-6-13-16-17(14(19)20-13)10-12(18)15-9-11-7-4-3-5-8-11/h3-5,7-8H,2,6,9-10H2,1H3,(H,15,18). The van der Waals surface area contributed by atoms with Crippen LogP contribution in [0.15, 0.2) is 39.5 Å². The van der Waals surface area contributed by atoms with Crippen molar-refractivity contribution in [2.24, 2.45) is 0 Å². The summed E-state index contributed by atoms with van der Waals surface area (Å²) in [6.07, 6.45) is 1.42. The van der Waals surface area contributed by atoms with Gasteiger partial charge in [0.1, 0.15) is 6.54 Å². The van der Waals surface area contributed by atoms with Crippen molar-refractivity contribution in [3.05, 3.63) is 52.3 Å². The van der Waals surface area contributed by atoms with Gasteiger partial charge in [-0.15, -0.1) is 5.10 Å². The van der Waals surface area contributed by atoms with Gasteiger partial charge in [-0.25, -0.2) is 4.79 Å². The van der Waals surface area contributed by atoms with Gasteiger partial charge >= 0.3 is 5.76 Å². The van der Waals surface area contributed by atoms with E-state index in [2.05, 4.69) is 10.4 Å². The normalized spacial score (nSPS) is 10.4. The summed E-state index contributed by atoms with van der Waals surface area (Å²) in [5.74, 6) is -0.496. The third-order valence-corrected chi connectivity index (χ3v) is 2.74. The Morgan fingerprint density at radius 2 is 2.10 bits per heavy atom. The van der Waals surface area contributed by atoms with Crippen molar-refractivity contribution in [1.82, 2.24) is 15.1 Å². The first kappa shape index (κ1) is 14.0. The summed E-state index contributed by atoms with van der Waals surface area (Å²) in [5.41, 5.74) is 1.00. The van der Waals surface area contributed by atoms with Crippen LogP contribution in [0.1, 0.15) is 24.8 Å². The molecule has 0 aliphatic rings. The van der Waals surface area contributed by atoms with Crippen LogP contribution in [0.5, 0.6) is 0 Å². The Kier molecular flexibility index (Phi) is 4.70. The minimum absolute atomic E-state index is 0.126. The van der Waals surface area contributed by atoms with E-state index < -0.39 is 5.76 Å². The van der Waals surface area contributed by atoms with Gasteiger partial charge in [0.2, 0.25) is 11.8 Å². The van der Waals surface area contributed by atoms with Gasteiger partial charge in [-0.3, -0.25) is 4.79 Å². The molecule has 20 heavy (non-hydrogen) atoms. The highest BCUT2D eigenvalue weighted by atomic mass is 16.4. The molecule has 106 valence electrons. The maximum atomic E-state index is 11.8. The Balaban J connectivity index is 1.90. The van der Waals surface area contributed by atoms with Crippen molar-refractivity contribution in [2.45, 2.75) is 32.9 Å². The van der Waals surface area contributed by atoms with Gasteiger partial charge in [0.15, 0.2) is 0 Å². The molecule has 2 aromatic rings. The molecule has 0 unspecified atom stereocenters. The van der Waals surface area contributed by atoms with Crippen LogP contribution < -0.4 is 11.1 Å². The van der Waals surface area contributed by atoms with Crippen LogP contribution in [-0.2, 0) is 24.3 Å². The van der Waals surface area contributed by atoms with Crippen molar-refractivity contribution in [2.75, 3.05) is 0 Å². The largest absolute Gasteiger partial charge is 0.437 e. The highest BCUT2D eigenvalue weighted by Gasteiger charge is 2.10. The number of rotatable bonds is 6. The van der Waals surface area contributed by atoms with Gasteiger partial charge in [-0.05, 0) is 12.0 Å². The monoisotopic (exact) mass is 275 g/mol. The molecule has 0 saturated carbocycles. The zero-order valence-electron chi connectivity index (χ0n) is 11.3. The molecule has 0 spiro atoms. The van der Waals surface area contributed by atoms with E-state index in [0.717, 1.165) is 16.7 Å². The molecule has 1 heterocycles. The quantitative estimate of drug-likeness (QED) is 0.856. The van der Waals surface area contributed by atoms with Crippen molar-refractivity contribution in [3.63, 3.8) is 0 Å². The summed E-state index contributed by atoms with van der Waals surface area (Å²) >= 11 is 0. The van der Waals surface area contributed by atoms with E-state index in [0.29, 0.717) is 18.9 Å². The van der Waals surface area contributed by atoms with Crippen LogP contribution in [0.25, 0.3) is 0 Å². The average molecular weight is 275 g/mol. The molecule has 1 N–H and O–H groups in total. The van der Waals surface area contributed by atoms with E-state index >= 15 is 0 Å². The van der Waals surface area contributed by atoms with Crippen LogP contribution in [-0.4, -0.2) is 15.7 Å². The minimum atomic E-state index is -0.594. The first-order chi connectivity index (χ1) is 9.69. The smallest absolute Gasteiger partial charge is 0.392 e. The molecule has 6 heteroatoms. The SMILES string of the molecule is CCCc1nn(CC(=O)NCc2ccccc2)c(=O)o1. The summed E-state index contributed by atoms with van der Waals surface area (Å²) in [7, 11) is 0. The summed E-state index contributed by atoms with van der Waals surface area (Å²) in [6, 6.07) is 9.56. The zero-order chi connectivity index (χ0) is 14.4. The zero-order valence-corrected chi connectivity index (χ0v) is 11.3. The van der Waals surface area contributed by atoms with E-state index in [-0.39, 0.29) is 12.5 Å². The lowest BCUT2D eigenvalue weighted by atomic mass is 10.2. The molecule has 1 aromatic heterocycles. The summed E-state index contributed by atoms with van der Waals surface area (Å²) < 4.78 is 5.98. The van der Waals surface area contributed by atoms with Crippen LogP contribution in [0, 0.1) is 0 Å². The lowest BCUT2D eigenvalue weighted by Gasteiger charge is -2.04. The second-order valence-corrected chi connectivity index (χ2v) is 4.43. The second-order valence-electron chi connectivity index (χ2n) is 4.43. The number of benzene rings is 1. The summed E-state index contributed by atoms with van der Waals surface area (Å²) in [5, 5.41) is 6.71. The molecular weight excluding hydrogens is 258 g/mol. The minimum Gasteiger partial charge on any atom is -0.392 e. The van der Waals surface area contributed by atoms with Crippen LogP contribution in [0.2, 0.25) is 0 Å². The molecule has 0 saturated heterocycles. The molecule has 0 atom stereocenters. The van der Waals surface area contributed by atoms with E-state index in [1.165, 1.54) is 0 Å². The summed E-state index contributed by atoms with van der Waals surface area (Å²) in [4.78, 5) is 23.2. The third kappa shape index (κ3) is 3.81. The Morgan fingerprint density at radius 1 is 1.35 bits per heavy atom. The number of carbonyl (C=O) groups excluding carboxylic acids is 1. The van der Waals surface area contributed by atoms with Gasteiger partial charge in [0.25, 0.3) is 0 Å². The van der Waals surface area contributed by atoms with Gasteiger partial charge in [-0.2, -0.15) is 4.68 Å². The molecule has 1 amide bonds. The Hall–Kier alpha value is -2.37. The van der Waals surface area contributed by atoms with Crippen LogP contribution in [0.3, 0.4) is 0 Å². The first-order valence-electron chi connectivity index (χ1n) is 6.56. The van der Waals surface area contributed by atoms with Crippen molar-refractivity contribution in [1.29, 1.82) is 0 Å². The Labute approximate surface area is 116 Å². The lowest BCUT2D eigenvalue weighted by Crippen LogP contribution is -2.31. The maximum absolute atomic E-state index is 11.8. The molecule has 1 aromatic carbocycles. The van der Waals surface area contributed by atoms with Gasteiger partial charge in [-0.1, -0.05) is 37.3 Å². The molecule has 0 aliphatic heterocycles. The van der Waals surface area contributed by atoms with E-state index in [4.69, 9.17) is 4.42 Å². The first-order valence-corrected chi connectivity index (χ1v) is 6.56. The Morgan fingerprint density at radius 3 is 2.80 bits per heavy atom. The lowest BCUT2D eigenvalue weighted by molar-refractivity contribution is -0.122. The van der Waals surface area contributed by atoms with Crippen molar-refractivity contribution >= 4 is 5.91 Å². The van der Waals surface area contributed by atoms with Gasteiger partial charge in [0, 0.05) is 13.0 Å². The highest BCUT2D eigenvalue weighted by Crippen LogP contribution is 1.98. The number of nitrogens with one attached hydrogen (secondary N) is 1. The topological polar surface area (TPSA) is 77.1 Å². The number of hydrogen-bond acceptors (Lipinski definition) is 4. The van der Waals surface area contributed by atoms with E-state index in [1.54, 1.807) is 0 Å². The van der Waals surface area contributed by atoms with Crippen molar-refractivity contribution in [3.8, 4) is 0 Å². The third-order valence-electron chi connectivity index (χ3n) is 2.74. The Bertz CT molecular complexity index is 616. The number of hydrogen-bond donors (Lipinski definition) is 1. The summed E-state index contributed by atoms with van der Waals surface area (Å²) in [6.45, 7) is 2.26. The molecule has 2 rings (SSSR count). The predicted molar refractivity (Wildman–Crippen MR) is 73.0 cm³/mol. The second kappa shape index (κ2) is 6.70. The number of aromatic nitrogens is 2. The van der Waals surface area contributed by atoms with E-state index in [9.17, 15) is 9.59 Å². The van der Waals surface area contributed by atoms with E-state index in [1.807, 2.05) is 37.3 Å².